The van der Waals surface area contributed by atoms with E-state index in [1.54, 1.807) is 43.5 Å². The first-order valence-electron chi connectivity index (χ1n) is 6.51. The summed E-state index contributed by atoms with van der Waals surface area (Å²) in [6.45, 7) is 1.83. The number of hydrogen-bond donors (Lipinski definition) is 2. The number of aryl methyl sites for hydroxylation is 1. The summed E-state index contributed by atoms with van der Waals surface area (Å²) in [5.41, 5.74) is 7.90. The van der Waals surface area contributed by atoms with Crippen molar-refractivity contribution < 1.29 is 14.3 Å². The zero-order valence-corrected chi connectivity index (χ0v) is 12.1. The van der Waals surface area contributed by atoms with Gasteiger partial charge in [0, 0.05) is 17.4 Å². The van der Waals surface area contributed by atoms with Crippen molar-refractivity contribution in [2.75, 3.05) is 24.8 Å². The number of ether oxygens (including phenoxy) is 2. The summed E-state index contributed by atoms with van der Waals surface area (Å²) in [4.78, 5) is 11.9. The first kappa shape index (κ1) is 14.7. The highest BCUT2D eigenvalue weighted by Crippen LogP contribution is 2.21. The molecule has 3 N–H and O–H groups in total. The standard InChI is InChI=1S/C16H18N2O3/c1-11-8-13(20-2)6-7-15(11)18-16(19)10-21-14-5-3-4-12(17)9-14/h3-9H,10,17H2,1-2H3,(H,18,19). The molecule has 0 aliphatic rings. The Hall–Kier alpha value is -2.69. The third-order valence-corrected chi connectivity index (χ3v) is 2.94. The minimum atomic E-state index is -0.231. The molecule has 0 aliphatic carbocycles. The molecular weight excluding hydrogens is 268 g/mol. The molecular formula is C16H18N2O3. The predicted octanol–water partition coefficient (Wildman–Crippen LogP) is 2.60. The zero-order chi connectivity index (χ0) is 15.2. The fraction of sp³-hybridized carbons (Fsp3) is 0.188. The fourth-order valence-corrected chi connectivity index (χ4v) is 1.84. The minimum Gasteiger partial charge on any atom is -0.497 e. The van der Waals surface area contributed by atoms with Gasteiger partial charge in [0.2, 0.25) is 0 Å². The van der Waals surface area contributed by atoms with Gasteiger partial charge in [-0.3, -0.25) is 4.79 Å². The largest absolute Gasteiger partial charge is 0.497 e. The van der Waals surface area contributed by atoms with Gasteiger partial charge in [-0.1, -0.05) is 6.07 Å². The van der Waals surface area contributed by atoms with Crippen molar-refractivity contribution in [1.82, 2.24) is 0 Å². The summed E-state index contributed by atoms with van der Waals surface area (Å²) in [6, 6.07) is 12.4. The summed E-state index contributed by atoms with van der Waals surface area (Å²) >= 11 is 0. The minimum absolute atomic E-state index is 0.0745. The van der Waals surface area contributed by atoms with Crippen molar-refractivity contribution >= 4 is 17.3 Å². The summed E-state index contributed by atoms with van der Waals surface area (Å²) in [5.74, 6) is 1.09. The summed E-state index contributed by atoms with van der Waals surface area (Å²) < 4.78 is 10.5. The van der Waals surface area contributed by atoms with Crippen LogP contribution in [0.1, 0.15) is 5.56 Å². The topological polar surface area (TPSA) is 73.6 Å². The summed E-state index contributed by atoms with van der Waals surface area (Å²) in [5, 5.41) is 2.80. The highest BCUT2D eigenvalue weighted by Gasteiger charge is 2.07. The van der Waals surface area contributed by atoms with E-state index in [0.29, 0.717) is 11.4 Å². The lowest BCUT2D eigenvalue weighted by Crippen LogP contribution is -2.20. The first-order valence-corrected chi connectivity index (χ1v) is 6.51. The molecule has 0 atom stereocenters. The van der Waals surface area contributed by atoms with Gasteiger partial charge in [0.25, 0.3) is 5.91 Å². The van der Waals surface area contributed by atoms with Crippen LogP contribution in [-0.4, -0.2) is 19.6 Å². The van der Waals surface area contributed by atoms with Gasteiger partial charge in [0.15, 0.2) is 6.61 Å². The average Bonchev–Trinajstić information content (AvgIpc) is 2.47. The number of anilines is 2. The third kappa shape index (κ3) is 4.14. The van der Waals surface area contributed by atoms with Crippen molar-refractivity contribution in [3.8, 4) is 11.5 Å². The van der Waals surface area contributed by atoms with Crippen LogP contribution in [0.2, 0.25) is 0 Å². The fourth-order valence-electron chi connectivity index (χ4n) is 1.84. The van der Waals surface area contributed by atoms with E-state index in [1.165, 1.54) is 0 Å². The second kappa shape index (κ2) is 6.65. The van der Waals surface area contributed by atoms with Gasteiger partial charge >= 0.3 is 0 Å². The summed E-state index contributed by atoms with van der Waals surface area (Å²) in [6.07, 6.45) is 0. The Kier molecular flexibility index (Phi) is 4.66. The summed E-state index contributed by atoms with van der Waals surface area (Å²) in [7, 11) is 1.60. The monoisotopic (exact) mass is 286 g/mol. The smallest absolute Gasteiger partial charge is 0.262 e. The Morgan fingerprint density at radius 1 is 1.19 bits per heavy atom. The van der Waals surface area contributed by atoms with E-state index >= 15 is 0 Å². The van der Waals surface area contributed by atoms with Crippen LogP contribution in [-0.2, 0) is 4.79 Å². The van der Waals surface area contributed by atoms with E-state index in [1.807, 2.05) is 13.0 Å². The quantitative estimate of drug-likeness (QED) is 0.829. The number of benzene rings is 2. The molecule has 2 aromatic rings. The first-order chi connectivity index (χ1) is 10.1. The van der Waals surface area contributed by atoms with Crippen molar-refractivity contribution in [1.29, 1.82) is 0 Å². The molecule has 0 unspecified atom stereocenters. The molecule has 0 aliphatic heterocycles. The second-order valence-corrected chi connectivity index (χ2v) is 4.59. The molecule has 0 heterocycles. The van der Waals surface area contributed by atoms with E-state index in [4.69, 9.17) is 15.2 Å². The van der Waals surface area contributed by atoms with Gasteiger partial charge < -0.3 is 20.5 Å². The Morgan fingerprint density at radius 2 is 2.00 bits per heavy atom. The maximum Gasteiger partial charge on any atom is 0.262 e. The number of carbonyl (C=O) groups is 1. The highest BCUT2D eigenvalue weighted by molar-refractivity contribution is 5.92. The van der Waals surface area contributed by atoms with E-state index in [9.17, 15) is 4.79 Å². The molecule has 5 heteroatoms. The number of hydrogen-bond acceptors (Lipinski definition) is 4. The lowest BCUT2D eigenvalue weighted by Gasteiger charge is -2.11. The van der Waals surface area contributed by atoms with Crippen LogP contribution in [0.4, 0.5) is 11.4 Å². The van der Waals surface area contributed by atoms with Gasteiger partial charge in [-0.05, 0) is 42.8 Å². The molecule has 5 nitrogen and oxygen atoms in total. The molecule has 0 saturated carbocycles. The molecule has 1 amide bonds. The molecule has 0 spiro atoms. The van der Waals surface area contributed by atoms with Crippen LogP contribution < -0.4 is 20.5 Å². The Labute approximate surface area is 123 Å². The second-order valence-electron chi connectivity index (χ2n) is 4.59. The van der Waals surface area contributed by atoms with Crippen molar-refractivity contribution in [2.45, 2.75) is 6.92 Å². The van der Waals surface area contributed by atoms with Crippen molar-refractivity contribution in [3.05, 3.63) is 48.0 Å². The predicted molar refractivity (Wildman–Crippen MR) is 82.7 cm³/mol. The molecule has 0 fully saturated rings. The van der Waals surface area contributed by atoms with Gasteiger partial charge in [-0.2, -0.15) is 0 Å². The van der Waals surface area contributed by atoms with Crippen LogP contribution in [0.25, 0.3) is 0 Å². The lowest BCUT2D eigenvalue weighted by atomic mass is 10.2. The zero-order valence-electron chi connectivity index (χ0n) is 12.1. The molecule has 0 aromatic heterocycles. The number of amides is 1. The number of nitrogen functional groups attached to an aromatic ring is 1. The van der Waals surface area contributed by atoms with Gasteiger partial charge in [-0.15, -0.1) is 0 Å². The van der Waals surface area contributed by atoms with Crippen LogP contribution in [0.3, 0.4) is 0 Å². The number of rotatable bonds is 5. The van der Waals surface area contributed by atoms with Gasteiger partial charge in [0.05, 0.1) is 7.11 Å². The molecule has 110 valence electrons. The molecule has 0 saturated heterocycles. The maximum absolute atomic E-state index is 11.9. The number of nitrogens with two attached hydrogens (primary N) is 1. The number of methoxy groups -OCH3 is 1. The van der Waals surface area contributed by atoms with Crippen LogP contribution >= 0.6 is 0 Å². The van der Waals surface area contributed by atoms with Crippen molar-refractivity contribution in [3.63, 3.8) is 0 Å². The van der Waals surface area contributed by atoms with Crippen LogP contribution in [0.15, 0.2) is 42.5 Å². The SMILES string of the molecule is COc1ccc(NC(=O)COc2cccc(N)c2)c(C)c1. The normalized spacial score (nSPS) is 10.0. The molecule has 21 heavy (non-hydrogen) atoms. The van der Waals surface area contributed by atoms with Crippen LogP contribution in [0.5, 0.6) is 11.5 Å². The van der Waals surface area contributed by atoms with Crippen LogP contribution in [0, 0.1) is 6.92 Å². The Balaban J connectivity index is 1.93. The molecule has 0 radical (unpaired) electrons. The third-order valence-electron chi connectivity index (χ3n) is 2.94. The van der Waals surface area contributed by atoms with E-state index < -0.39 is 0 Å². The van der Waals surface area contributed by atoms with Crippen molar-refractivity contribution in [2.24, 2.45) is 0 Å². The average molecular weight is 286 g/mol. The molecule has 0 bridgehead atoms. The van der Waals surface area contributed by atoms with E-state index in [2.05, 4.69) is 5.32 Å². The lowest BCUT2D eigenvalue weighted by molar-refractivity contribution is -0.118. The number of carbonyl (C=O) groups excluding carboxylic acids is 1. The molecule has 2 rings (SSSR count). The number of nitrogens with one attached hydrogen (secondary N) is 1. The Bertz CT molecular complexity index is 641. The van der Waals surface area contributed by atoms with Gasteiger partial charge in [-0.25, -0.2) is 0 Å². The van der Waals surface area contributed by atoms with E-state index in [0.717, 1.165) is 17.0 Å². The highest BCUT2D eigenvalue weighted by atomic mass is 16.5. The Morgan fingerprint density at radius 3 is 2.67 bits per heavy atom. The van der Waals surface area contributed by atoms with E-state index in [-0.39, 0.29) is 12.5 Å². The molecule has 2 aromatic carbocycles. The van der Waals surface area contributed by atoms with Gasteiger partial charge in [0.1, 0.15) is 11.5 Å². The maximum atomic E-state index is 11.9.